The molecule has 0 bridgehead atoms. The van der Waals surface area contributed by atoms with Gasteiger partial charge in [-0.25, -0.2) is 9.78 Å². The molecule has 1 N–H and O–H groups in total. The number of thiazole rings is 1. The molecular weight excluding hydrogens is 262 g/mol. The van der Waals surface area contributed by atoms with Crippen LogP contribution in [-0.2, 0) is 6.42 Å². The number of rotatable bonds is 5. The van der Waals surface area contributed by atoms with E-state index in [0.29, 0.717) is 17.0 Å². The quantitative estimate of drug-likeness (QED) is 0.895. The molecule has 1 aromatic heterocycles. The van der Waals surface area contributed by atoms with E-state index >= 15 is 0 Å². The van der Waals surface area contributed by atoms with E-state index in [1.54, 1.807) is 0 Å². The maximum absolute atomic E-state index is 11.2. The van der Waals surface area contributed by atoms with Gasteiger partial charge in [-0.05, 0) is 19.4 Å². The van der Waals surface area contributed by atoms with E-state index in [9.17, 15) is 4.79 Å². The van der Waals surface area contributed by atoms with Crippen molar-refractivity contribution in [2.45, 2.75) is 26.7 Å². The summed E-state index contributed by atoms with van der Waals surface area (Å²) >= 11 is 1.31. The van der Waals surface area contributed by atoms with Crippen LogP contribution in [0.2, 0.25) is 0 Å². The van der Waals surface area contributed by atoms with Crippen LogP contribution in [0.1, 0.15) is 35.6 Å². The summed E-state index contributed by atoms with van der Waals surface area (Å²) in [6.45, 7) is 9.25. The third-order valence-electron chi connectivity index (χ3n) is 3.40. The number of aryl methyl sites for hydroxylation is 1. The molecule has 0 aromatic carbocycles. The number of anilines is 1. The molecule has 0 spiro atoms. The fraction of sp³-hybridized carbons (Fsp3) is 0.692. The first-order chi connectivity index (χ1) is 9.15. The summed E-state index contributed by atoms with van der Waals surface area (Å²) in [5.41, 5.74) is 0.712. The Balaban J connectivity index is 2.05. The van der Waals surface area contributed by atoms with E-state index in [4.69, 9.17) is 5.11 Å². The van der Waals surface area contributed by atoms with Crippen LogP contribution in [0.3, 0.4) is 0 Å². The van der Waals surface area contributed by atoms with Crippen molar-refractivity contribution in [1.82, 2.24) is 9.88 Å². The molecule has 0 unspecified atom stereocenters. The highest BCUT2D eigenvalue weighted by atomic mass is 32.1. The lowest BCUT2D eigenvalue weighted by molar-refractivity contribution is 0.0701. The molecular formula is C13H21N3O2S. The number of hydrogen-bond donors (Lipinski definition) is 1. The van der Waals surface area contributed by atoms with E-state index in [-0.39, 0.29) is 0 Å². The van der Waals surface area contributed by atoms with Crippen molar-refractivity contribution >= 4 is 22.4 Å². The van der Waals surface area contributed by atoms with Gasteiger partial charge in [-0.3, -0.25) is 4.90 Å². The molecule has 6 heteroatoms. The molecule has 106 valence electrons. The first kappa shape index (κ1) is 14.3. The van der Waals surface area contributed by atoms with Crippen molar-refractivity contribution in [2.75, 3.05) is 37.6 Å². The van der Waals surface area contributed by atoms with Gasteiger partial charge >= 0.3 is 5.97 Å². The first-order valence-electron chi connectivity index (χ1n) is 6.86. The van der Waals surface area contributed by atoms with Crippen LogP contribution in [0, 0.1) is 0 Å². The monoisotopic (exact) mass is 283 g/mol. The summed E-state index contributed by atoms with van der Waals surface area (Å²) < 4.78 is 0. The number of carbonyl (C=O) groups is 1. The topological polar surface area (TPSA) is 56.7 Å². The van der Waals surface area contributed by atoms with Crippen LogP contribution in [0.4, 0.5) is 5.13 Å². The van der Waals surface area contributed by atoms with Crippen molar-refractivity contribution in [2.24, 2.45) is 0 Å². The third kappa shape index (κ3) is 3.25. The van der Waals surface area contributed by atoms with Crippen molar-refractivity contribution < 1.29 is 9.90 Å². The van der Waals surface area contributed by atoms with Gasteiger partial charge < -0.3 is 10.0 Å². The van der Waals surface area contributed by atoms with Crippen molar-refractivity contribution in [1.29, 1.82) is 0 Å². The normalized spacial score (nSPS) is 16.8. The van der Waals surface area contributed by atoms with Crippen LogP contribution in [0.25, 0.3) is 0 Å². The Kier molecular flexibility index (Phi) is 4.76. The molecule has 0 atom stereocenters. The summed E-state index contributed by atoms with van der Waals surface area (Å²) in [7, 11) is 0. The summed E-state index contributed by atoms with van der Waals surface area (Å²) in [5, 5.41) is 10.0. The summed E-state index contributed by atoms with van der Waals surface area (Å²) in [4.78, 5) is 20.7. The largest absolute Gasteiger partial charge is 0.477 e. The minimum absolute atomic E-state index is 0.397. The van der Waals surface area contributed by atoms with Crippen molar-refractivity contribution in [3.05, 3.63) is 10.6 Å². The molecule has 0 aliphatic carbocycles. The van der Waals surface area contributed by atoms with Crippen molar-refractivity contribution in [3.8, 4) is 0 Å². The Hall–Kier alpha value is -1.14. The molecule has 1 aliphatic heterocycles. The van der Waals surface area contributed by atoms with Crippen LogP contribution in [0.15, 0.2) is 0 Å². The lowest BCUT2D eigenvalue weighted by atomic mass is 10.3. The zero-order valence-corrected chi connectivity index (χ0v) is 12.4. The Morgan fingerprint density at radius 3 is 2.47 bits per heavy atom. The Morgan fingerprint density at radius 1 is 1.32 bits per heavy atom. The highest BCUT2D eigenvalue weighted by Crippen LogP contribution is 2.27. The second-order valence-corrected chi connectivity index (χ2v) is 5.74. The second kappa shape index (κ2) is 6.34. The van der Waals surface area contributed by atoms with Crippen LogP contribution < -0.4 is 4.90 Å². The van der Waals surface area contributed by atoms with Crippen LogP contribution in [0.5, 0.6) is 0 Å². The number of hydrogen-bond acceptors (Lipinski definition) is 5. The number of piperazine rings is 1. The van der Waals surface area contributed by atoms with Crippen molar-refractivity contribution in [3.63, 3.8) is 0 Å². The van der Waals surface area contributed by atoms with E-state index in [0.717, 1.165) is 37.9 Å². The second-order valence-electron chi connectivity index (χ2n) is 4.76. The maximum Gasteiger partial charge on any atom is 0.347 e. The van der Waals surface area contributed by atoms with E-state index < -0.39 is 5.97 Å². The maximum atomic E-state index is 11.2. The van der Waals surface area contributed by atoms with Crippen LogP contribution >= 0.6 is 11.3 Å². The molecule has 2 heterocycles. The Labute approximate surface area is 117 Å². The van der Waals surface area contributed by atoms with Gasteiger partial charge in [0, 0.05) is 26.2 Å². The van der Waals surface area contributed by atoms with Gasteiger partial charge in [-0.1, -0.05) is 25.2 Å². The lowest BCUT2D eigenvalue weighted by Gasteiger charge is -2.34. The lowest BCUT2D eigenvalue weighted by Crippen LogP contribution is -2.46. The number of carboxylic acid groups (broad SMARTS) is 1. The molecule has 19 heavy (non-hydrogen) atoms. The first-order valence-corrected chi connectivity index (χ1v) is 7.67. The smallest absolute Gasteiger partial charge is 0.347 e. The zero-order chi connectivity index (χ0) is 13.8. The Bertz CT molecular complexity index is 439. The van der Waals surface area contributed by atoms with Gasteiger partial charge in [0.05, 0.1) is 5.69 Å². The molecule has 0 saturated carbocycles. The predicted molar refractivity (Wildman–Crippen MR) is 77.4 cm³/mol. The standard InChI is InChI=1S/C13H21N3O2S/c1-3-5-15-6-8-16(9-7-15)13-14-10(4-2)11(19-13)12(17)18/h3-9H2,1-2H3,(H,17,18). The number of nitrogens with zero attached hydrogens (tertiary/aromatic N) is 3. The molecule has 5 nitrogen and oxygen atoms in total. The predicted octanol–water partition coefficient (Wildman–Crippen LogP) is 1.94. The van der Waals surface area contributed by atoms with Crippen LogP contribution in [-0.4, -0.2) is 53.7 Å². The molecule has 0 amide bonds. The number of aromatic carboxylic acids is 1. The summed E-state index contributed by atoms with van der Waals surface area (Å²) in [5.74, 6) is -0.856. The fourth-order valence-corrected chi connectivity index (χ4v) is 3.41. The third-order valence-corrected chi connectivity index (χ3v) is 4.54. The molecule has 1 saturated heterocycles. The van der Waals surface area contributed by atoms with E-state index in [1.165, 1.54) is 17.8 Å². The minimum Gasteiger partial charge on any atom is -0.477 e. The zero-order valence-electron chi connectivity index (χ0n) is 11.6. The number of carboxylic acids is 1. The summed E-state index contributed by atoms with van der Waals surface area (Å²) in [6.07, 6.45) is 1.86. The van der Waals surface area contributed by atoms with E-state index in [2.05, 4.69) is 21.7 Å². The molecule has 1 fully saturated rings. The van der Waals surface area contributed by atoms with Gasteiger partial charge in [0.25, 0.3) is 0 Å². The minimum atomic E-state index is -0.856. The SMILES string of the molecule is CCCN1CCN(c2nc(CC)c(C(=O)O)s2)CC1. The summed E-state index contributed by atoms with van der Waals surface area (Å²) in [6, 6.07) is 0. The molecule has 2 rings (SSSR count). The van der Waals surface area contributed by atoms with Gasteiger partial charge in [-0.2, -0.15) is 0 Å². The molecule has 1 aromatic rings. The van der Waals surface area contributed by atoms with Gasteiger partial charge in [0.15, 0.2) is 5.13 Å². The number of aromatic nitrogens is 1. The average molecular weight is 283 g/mol. The highest BCUT2D eigenvalue weighted by Gasteiger charge is 2.22. The molecule has 1 aliphatic rings. The van der Waals surface area contributed by atoms with Gasteiger partial charge in [-0.15, -0.1) is 0 Å². The highest BCUT2D eigenvalue weighted by molar-refractivity contribution is 7.17. The molecule has 0 radical (unpaired) electrons. The Morgan fingerprint density at radius 2 is 2.00 bits per heavy atom. The fourth-order valence-electron chi connectivity index (χ4n) is 2.36. The van der Waals surface area contributed by atoms with E-state index in [1.807, 2.05) is 6.92 Å². The van der Waals surface area contributed by atoms with Gasteiger partial charge in [0.2, 0.25) is 0 Å². The van der Waals surface area contributed by atoms with Gasteiger partial charge in [0.1, 0.15) is 4.88 Å². The average Bonchev–Trinajstić information content (AvgIpc) is 2.84.